The number of benzene rings is 2. The third kappa shape index (κ3) is 5.01. The van der Waals surface area contributed by atoms with E-state index in [9.17, 15) is 22.4 Å². The van der Waals surface area contributed by atoms with Crippen molar-refractivity contribution in [1.82, 2.24) is 4.98 Å². The monoisotopic (exact) mass is 500 g/mol. The molecule has 2 aromatic carbocycles. The van der Waals surface area contributed by atoms with Gasteiger partial charge in [0.1, 0.15) is 11.5 Å². The van der Waals surface area contributed by atoms with Gasteiger partial charge in [-0.25, -0.2) is 4.39 Å². The van der Waals surface area contributed by atoms with Crippen LogP contribution in [0.5, 0.6) is 0 Å². The van der Waals surface area contributed by atoms with Crippen LogP contribution in [0.25, 0.3) is 11.1 Å². The van der Waals surface area contributed by atoms with Gasteiger partial charge in [-0.2, -0.15) is 13.2 Å². The first-order valence-corrected chi connectivity index (χ1v) is 11.3. The van der Waals surface area contributed by atoms with Crippen LogP contribution in [0, 0.1) is 12.7 Å². The van der Waals surface area contributed by atoms with Crippen molar-refractivity contribution in [3.05, 3.63) is 77.4 Å². The number of hydrogen-bond acceptors (Lipinski definition) is 4. The predicted molar refractivity (Wildman–Crippen MR) is 129 cm³/mol. The molecule has 1 aliphatic rings. The fraction of sp³-hybridized carbons (Fsp3) is 0.308. The molecular formula is C26H25BF4N2O3. The van der Waals surface area contributed by atoms with Gasteiger partial charge >= 0.3 is 13.3 Å². The van der Waals surface area contributed by atoms with Gasteiger partial charge in [-0.05, 0) is 81.0 Å². The molecule has 36 heavy (non-hydrogen) atoms. The quantitative estimate of drug-likeness (QED) is 0.365. The minimum atomic E-state index is -4.71. The minimum Gasteiger partial charge on any atom is -0.399 e. The minimum absolute atomic E-state index is 0.160. The van der Waals surface area contributed by atoms with E-state index < -0.39 is 41.9 Å². The normalized spacial score (nSPS) is 16.8. The largest absolute Gasteiger partial charge is 0.494 e. The Morgan fingerprint density at radius 2 is 1.67 bits per heavy atom. The molecule has 0 spiro atoms. The van der Waals surface area contributed by atoms with Crippen LogP contribution in [0.2, 0.25) is 0 Å². The average molecular weight is 500 g/mol. The second-order valence-electron chi connectivity index (χ2n) is 9.74. The van der Waals surface area contributed by atoms with E-state index in [1.165, 1.54) is 12.1 Å². The number of aromatic nitrogens is 1. The molecule has 0 atom stereocenters. The number of amides is 1. The lowest BCUT2D eigenvalue weighted by molar-refractivity contribution is -0.141. The Bertz CT molecular complexity index is 1310. The van der Waals surface area contributed by atoms with Crippen molar-refractivity contribution in [2.45, 2.75) is 52.0 Å². The Kier molecular flexibility index (Phi) is 6.47. The molecule has 0 bridgehead atoms. The summed E-state index contributed by atoms with van der Waals surface area (Å²) in [5, 5.41) is 2.38. The second kappa shape index (κ2) is 9.01. The van der Waals surface area contributed by atoms with E-state index >= 15 is 0 Å². The van der Waals surface area contributed by atoms with E-state index in [2.05, 4.69) is 10.3 Å². The molecule has 188 valence electrons. The van der Waals surface area contributed by atoms with Crippen molar-refractivity contribution in [3.63, 3.8) is 0 Å². The Morgan fingerprint density at radius 3 is 2.31 bits per heavy atom. The van der Waals surface area contributed by atoms with E-state index in [-0.39, 0.29) is 11.3 Å². The number of carbonyl (C=O) groups is 1. The van der Waals surface area contributed by atoms with Crippen molar-refractivity contribution in [3.8, 4) is 11.1 Å². The fourth-order valence-electron chi connectivity index (χ4n) is 3.83. The molecule has 3 aromatic rings. The van der Waals surface area contributed by atoms with Crippen LogP contribution in [-0.4, -0.2) is 29.2 Å². The van der Waals surface area contributed by atoms with Gasteiger partial charge in [0.05, 0.1) is 16.9 Å². The Balaban J connectivity index is 1.64. The highest BCUT2D eigenvalue weighted by Crippen LogP contribution is 2.37. The highest BCUT2D eigenvalue weighted by molar-refractivity contribution is 6.62. The number of nitrogens with zero attached hydrogens (tertiary/aromatic N) is 1. The van der Waals surface area contributed by atoms with Gasteiger partial charge in [0.25, 0.3) is 5.91 Å². The molecule has 1 amide bonds. The second-order valence-corrected chi connectivity index (χ2v) is 9.74. The molecule has 4 rings (SSSR count). The van der Waals surface area contributed by atoms with Crippen LogP contribution in [-0.2, 0) is 15.5 Å². The Labute approximate surface area is 207 Å². The first-order chi connectivity index (χ1) is 16.7. The zero-order valence-corrected chi connectivity index (χ0v) is 20.5. The summed E-state index contributed by atoms with van der Waals surface area (Å²) in [5.41, 5.74) is 0.0606. The molecule has 1 aromatic heterocycles. The number of alkyl halides is 3. The number of rotatable bonds is 4. The van der Waals surface area contributed by atoms with Crippen molar-refractivity contribution < 1.29 is 31.7 Å². The topological polar surface area (TPSA) is 60.5 Å². The van der Waals surface area contributed by atoms with Crippen LogP contribution in [0.1, 0.15) is 49.3 Å². The van der Waals surface area contributed by atoms with E-state index in [1.807, 2.05) is 52.0 Å². The summed E-state index contributed by atoms with van der Waals surface area (Å²) in [6, 6.07) is 11.9. The summed E-state index contributed by atoms with van der Waals surface area (Å²) in [4.78, 5) is 15.9. The Hall–Kier alpha value is -3.24. The molecule has 0 unspecified atom stereocenters. The van der Waals surface area contributed by atoms with Gasteiger partial charge in [-0.3, -0.25) is 9.78 Å². The van der Waals surface area contributed by atoms with Gasteiger partial charge in [0.15, 0.2) is 0 Å². The maximum atomic E-state index is 14.7. The van der Waals surface area contributed by atoms with E-state index in [4.69, 9.17) is 9.31 Å². The fourth-order valence-corrected chi connectivity index (χ4v) is 3.83. The van der Waals surface area contributed by atoms with Crippen LogP contribution in [0.15, 0.2) is 54.7 Å². The molecular weight excluding hydrogens is 475 g/mol. The zero-order chi connectivity index (χ0) is 26.5. The summed E-state index contributed by atoms with van der Waals surface area (Å²) in [5.74, 6) is -1.60. The molecule has 0 aliphatic carbocycles. The third-order valence-corrected chi connectivity index (χ3v) is 6.60. The molecule has 0 radical (unpaired) electrons. The summed E-state index contributed by atoms with van der Waals surface area (Å²) >= 11 is 0. The number of halogens is 4. The lowest BCUT2D eigenvalue weighted by Crippen LogP contribution is -2.41. The van der Waals surface area contributed by atoms with Crippen LogP contribution < -0.4 is 10.8 Å². The molecule has 10 heteroatoms. The third-order valence-electron chi connectivity index (χ3n) is 6.60. The smallest absolute Gasteiger partial charge is 0.399 e. The van der Waals surface area contributed by atoms with E-state index in [0.29, 0.717) is 17.2 Å². The van der Waals surface area contributed by atoms with Crippen LogP contribution >= 0.6 is 0 Å². The maximum Gasteiger partial charge on any atom is 0.494 e. The summed E-state index contributed by atoms with van der Waals surface area (Å²) < 4.78 is 65.9. The van der Waals surface area contributed by atoms with Gasteiger partial charge in [-0.15, -0.1) is 0 Å². The lowest BCUT2D eigenvalue weighted by atomic mass is 9.77. The predicted octanol–water partition coefficient (Wildman–Crippen LogP) is 5.77. The summed E-state index contributed by atoms with van der Waals surface area (Å²) in [6.07, 6.45) is -3.82. The van der Waals surface area contributed by atoms with Gasteiger partial charge in [0, 0.05) is 11.8 Å². The number of aryl methyl sites for hydroxylation is 1. The van der Waals surface area contributed by atoms with Gasteiger partial charge in [0.2, 0.25) is 0 Å². The summed E-state index contributed by atoms with van der Waals surface area (Å²) in [6.45, 7) is 9.55. The molecule has 1 aliphatic heterocycles. The van der Waals surface area contributed by atoms with Gasteiger partial charge in [-0.1, -0.05) is 24.3 Å². The van der Waals surface area contributed by atoms with Crippen LogP contribution in [0.3, 0.4) is 0 Å². The molecule has 1 fully saturated rings. The van der Waals surface area contributed by atoms with Crippen molar-refractivity contribution in [1.29, 1.82) is 0 Å². The summed E-state index contributed by atoms with van der Waals surface area (Å²) in [7, 11) is -0.593. The molecule has 0 saturated carbocycles. The average Bonchev–Trinajstić information content (AvgIpc) is 3.02. The zero-order valence-electron chi connectivity index (χ0n) is 20.5. The van der Waals surface area contributed by atoms with E-state index in [1.54, 1.807) is 6.92 Å². The van der Waals surface area contributed by atoms with E-state index in [0.717, 1.165) is 23.3 Å². The lowest BCUT2D eigenvalue weighted by Gasteiger charge is -2.32. The first-order valence-electron chi connectivity index (χ1n) is 11.3. The van der Waals surface area contributed by atoms with Crippen molar-refractivity contribution >= 4 is 24.2 Å². The number of anilines is 1. The molecule has 1 saturated heterocycles. The maximum absolute atomic E-state index is 14.7. The highest BCUT2D eigenvalue weighted by atomic mass is 19.4. The van der Waals surface area contributed by atoms with Crippen molar-refractivity contribution in [2.24, 2.45) is 0 Å². The number of carbonyl (C=O) groups excluding carboxylic acids is 1. The number of pyridine rings is 1. The number of nitrogens with one attached hydrogen (secondary N) is 1. The molecule has 1 N–H and O–H groups in total. The van der Waals surface area contributed by atoms with Crippen LogP contribution in [0.4, 0.5) is 23.2 Å². The first kappa shape index (κ1) is 25.8. The number of hydrogen-bond donors (Lipinski definition) is 1. The highest BCUT2D eigenvalue weighted by Gasteiger charge is 2.51. The Morgan fingerprint density at radius 1 is 1.00 bits per heavy atom. The SMILES string of the molecule is Cc1cc(F)c(NC(=O)c2ccnc(C(F)(F)F)c2)cc1-c1cccc(B2OC(C)(C)C(C)(C)O2)c1. The van der Waals surface area contributed by atoms with Gasteiger partial charge < -0.3 is 14.6 Å². The standard InChI is InChI=1S/C26H25BF4N2O3/c1-15-11-20(28)21(33-23(34)17-9-10-32-22(13-17)26(29,30)31)14-19(15)16-7-6-8-18(12-16)27-35-24(2,3)25(4,5)36-27/h6-14H,1-5H3,(H,33,34). The molecule has 5 nitrogen and oxygen atoms in total. The molecule has 2 heterocycles. The van der Waals surface area contributed by atoms with Crippen molar-refractivity contribution in [2.75, 3.05) is 5.32 Å².